The quantitative estimate of drug-likeness (QED) is 0.324. The lowest BCUT2D eigenvalue weighted by Crippen LogP contribution is -2.51. The van der Waals surface area contributed by atoms with E-state index < -0.39 is 76.0 Å². The van der Waals surface area contributed by atoms with Crippen molar-refractivity contribution in [3.8, 4) is 29.2 Å². The molecule has 3 nitrogen and oxygen atoms in total. The fourth-order valence-corrected chi connectivity index (χ4v) is 2.57. The Morgan fingerprint density at radius 3 is 2.04 bits per heavy atom. The fraction of sp³-hybridized carbons (Fsp3) is 0.118. The Morgan fingerprint density at radius 1 is 0.964 bits per heavy atom. The molecule has 0 fully saturated rings. The zero-order chi connectivity index (χ0) is 21.0. The van der Waals surface area contributed by atoms with Crippen LogP contribution in [0.4, 0.5) is 40.8 Å². The highest BCUT2D eigenvalue weighted by molar-refractivity contribution is 6.02. The van der Waals surface area contributed by atoms with Crippen LogP contribution in [0.3, 0.4) is 0 Å². The second-order valence-corrected chi connectivity index (χ2v) is 5.46. The lowest BCUT2D eigenvalue weighted by atomic mass is 10.0. The minimum absolute atomic E-state index is 0.215. The SMILES string of the molecule is C#CCN1C(=O)C(F)(F)Oc2cc(F)c(-c3c(F)c(F)c(F)c(F)c3F)cc21. The molecule has 0 atom stereocenters. The van der Waals surface area contributed by atoms with Gasteiger partial charge in [0.15, 0.2) is 29.0 Å². The van der Waals surface area contributed by atoms with Crippen LogP contribution in [-0.4, -0.2) is 18.6 Å². The average Bonchev–Trinajstić information content (AvgIpc) is 2.63. The van der Waals surface area contributed by atoms with Gasteiger partial charge in [-0.3, -0.25) is 9.69 Å². The van der Waals surface area contributed by atoms with Gasteiger partial charge in [0.2, 0.25) is 5.82 Å². The van der Waals surface area contributed by atoms with Crippen LogP contribution in [0.25, 0.3) is 11.1 Å². The third-order valence-corrected chi connectivity index (χ3v) is 3.80. The van der Waals surface area contributed by atoms with E-state index in [2.05, 4.69) is 4.74 Å². The van der Waals surface area contributed by atoms with Crippen LogP contribution in [0.5, 0.6) is 5.75 Å². The lowest BCUT2D eigenvalue weighted by molar-refractivity contribution is -0.192. The van der Waals surface area contributed by atoms with Crippen LogP contribution in [0.1, 0.15) is 0 Å². The number of terminal acetylenes is 1. The summed E-state index contributed by atoms with van der Waals surface area (Å²) < 4.78 is 114. The number of amides is 1. The van der Waals surface area contributed by atoms with Crippen molar-refractivity contribution in [3.05, 3.63) is 47.0 Å². The molecule has 3 rings (SSSR count). The molecular formula is C17H5F8NO2. The molecule has 2 aromatic carbocycles. The van der Waals surface area contributed by atoms with Crippen molar-refractivity contribution in [2.24, 2.45) is 0 Å². The van der Waals surface area contributed by atoms with Crippen LogP contribution in [0, 0.1) is 47.2 Å². The lowest BCUT2D eigenvalue weighted by Gasteiger charge is -2.32. The molecule has 1 aliphatic heterocycles. The number of nitrogens with zero attached hydrogens (tertiary/aromatic N) is 1. The van der Waals surface area contributed by atoms with Crippen molar-refractivity contribution >= 4 is 11.6 Å². The topological polar surface area (TPSA) is 29.5 Å². The summed E-state index contributed by atoms with van der Waals surface area (Å²) in [6, 6.07) is 0.639. The number of hydrogen-bond donors (Lipinski definition) is 0. The first-order valence-electron chi connectivity index (χ1n) is 7.18. The molecule has 0 unspecified atom stereocenters. The van der Waals surface area contributed by atoms with E-state index in [1.165, 1.54) is 0 Å². The van der Waals surface area contributed by atoms with Gasteiger partial charge >= 0.3 is 12.0 Å². The predicted octanol–water partition coefficient (Wildman–Crippen LogP) is 4.14. The number of anilines is 1. The van der Waals surface area contributed by atoms with Gasteiger partial charge in [-0.1, -0.05) is 5.92 Å². The molecule has 0 radical (unpaired) electrons. The molecule has 1 aliphatic rings. The number of alkyl halides is 2. The van der Waals surface area contributed by atoms with Crippen molar-refractivity contribution in [2.45, 2.75) is 6.11 Å². The van der Waals surface area contributed by atoms with E-state index in [1.807, 2.05) is 5.92 Å². The molecule has 0 aromatic heterocycles. The smallest absolute Gasteiger partial charge is 0.423 e. The van der Waals surface area contributed by atoms with Crippen molar-refractivity contribution in [1.29, 1.82) is 0 Å². The maximum atomic E-state index is 14.3. The first-order valence-corrected chi connectivity index (χ1v) is 7.18. The number of halogens is 8. The maximum absolute atomic E-state index is 14.3. The molecule has 1 heterocycles. The largest absolute Gasteiger partial charge is 0.483 e. The Balaban J connectivity index is 2.32. The van der Waals surface area contributed by atoms with Crippen molar-refractivity contribution < 1.29 is 44.7 Å². The van der Waals surface area contributed by atoms with Gasteiger partial charge in [-0.2, -0.15) is 8.78 Å². The highest BCUT2D eigenvalue weighted by Gasteiger charge is 2.50. The van der Waals surface area contributed by atoms with E-state index in [4.69, 9.17) is 6.42 Å². The summed E-state index contributed by atoms with van der Waals surface area (Å²) in [4.78, 5) is 12.0. The Labute approximate surface area is 151 Å². The Kier molecular flexibility index (Phi) is 4.45. The molecule has 0 aliphatic carbocycles. The summed E-state index contributed by atoms with van der Waals surface area (Å²) in [5, 5.41) is 0. The summed E-state index contributed by atoms with van der Waals surface area (Å²) in [7, 11) is 0. The van der Waals surface area contributed by atoms with E-state index in [1.54, 1.807) is 0 Å². The van der Waals surface area contributed by atoms with Gasteiger partial charge in [0.25, 0.3) is 0 Å². The minimum atomic E-state index is -4.41. The highest BCUT2D eigenvalue weighted by Crippen LogP contribution is 2.44. The second-order valence-electron chi connectivity index (χ2n) is 5.46. The predicted molar refractivity (Wildman–Crippen MR) is 78.4 cm³/mol. The summed E-state index contributed by atoms with van der Waals surface area (Å²) in [5.74, 6) is -14.5. The highest BCUT2D eigenvalue weighted by atomic mass is 19.3. The van der Waals surface area contributed by atoms with E-state index in [-0.39, 0.29) is 11.0 Å². The molecule has 0 spiro atoms. The summed E-state index contributed by atoms with van der Waals surface area (Å²) in [5.41, 5.74) is -3.48. The Hall–Kier alpha value is -3.29. The van der Waals surface area contributed by atoms with Gasteiger partial charge in [0.1, 0.15) is 5.82 Å². The molecule has 2 aromatic rings. The van der Waals surface area contributed by atoms with Crippen LogP contribution in [0.2, 0.25) is 0 Å². The molecule has 0 saturated heterocycles. The van der Waals surface area contributed by atoms with Gasteiger partial charge in [-0.15, -0.1) is 6.42 Å². The first-order chi connectivity index (χ1) is 13.0. The number of benzene rings is 2. The number of rotatable bonds is 2. The molecule has 28 heavy (non-hydrogen) atoms. The zero-order valence-electron chi connectivity index (χ0n) is 13.2. The van der Waals surface area contributed by atoms with Crippen LogP contribution in [0.15, 0.2) is 12.1 Å². The van der Waals surface area contributed by atoms with E-state index >= 15 is 0 Å². The third-order valence-electron chi connectivity index (χ3n) is 3.80. The average molecular weight is 407 g/mol. The molecule has 146 valence electrons. The zero-order valence-corrected chi connectivity index (χ0v) is 13.2. The maximum Gasteiger partial charge on any atom is 0.483 e. The van der Waals surface area contributed by atoms with Gasteiger partial charge in [-0.25, -0.2) is 26.3 Å². The standard InChI is InChI=1S/C17H5F8NO2/c1-2-3-26-8-4-6(7(18)5-9(8)28-17(24,25)16(26)27)10-11(19)13(21)15(23)14(22)12(10)20/h1,4-5H,3H2. The summed E-state index contributed by atoms with van der Waals surface area (Å²) in [6.45, 7) is -0.771. The molecule has 0 N–H and O–H groups in total. The normalized spacial score (nSPS) is 15.1. The van der Waals surface area contributed by atoms with Gasteiger partial charge < -0.3 is 4.74 Å². The number of ether oxygens (including phenoxy) is 1. The molecule has 1 amide bonds. The van der Waals surface area contributed by atoms with Crippen molar-refractivity contribution in [1.82, 2.24) is 0 Å². The minimum Gasteiger partial charge on any atom is -0.423 e. The molecule has 0 bridgehead atoms. The van der Waals surface area contributed by atoms with Gasteiger partial charge in [-0.05, 0) is 6.07 Å². The van der Waals surface area contributed by atoms with Crippen LogP contribution >= 0.6 is 0 Å². The summed E-state index contributed by atoms with van der Waals surface area (Å²) >= 11 is 0. The number of hydrogen-bond acceptors (Lipinski definition) is 2. The number of carbonyl (C=O) groups excluding carboxylic acids is 1. The second kappa shape index (κ2) is 6.40. The van der Waals surface area contributed by atoms with E-state index in [9.17, 15) is 39.9 Å². The third kappa shape index (κ3) is 2.72. The number of carbonyl (C=O) groups is 1. The fourth-order valence-electron chi connectivity index (χ4n) is 2.57. The molecule has 0 saturated carbocycles. The van der Waals surface area contributed by atoms with E-state index in [0.29, 0.717) is 6.07 Å². The van der Waals surface area contributed by atoms with E-state index in [0.717, 1.165) is 0 Å². The van der Waals surface area contributed by atoms with Crippen LogP contribution < -0.4 is 9.64 Å². The summed E-state index contributed by atoms with van der Waals surface area (Å²) in [6.07, 6.45) is 0.572. The molecular weight excluding hydrogens is 402 g/mol. The first kappa shape index (κ1) is 19.5. The molecule has 11 heteroatoms. The Morgan fingerprint density at radius 2 is 1.50 bits per heavy atom. The van der Waals surface area contributed by atoms with Gasteiger partial charge in [0, 0.05) is 11.6 Å². The number of fused-ring (bicyclic) bond motifs is 1. The van der Waals surface area contributed by atoms with Crippen molar-refractivity contribution in [3.63, 3.8) is 0 Å². The van der Waals surface area contributed by atoms with Gasteiger partial charge in [0.05, 0.1) is 17.8 Å². The van der Waals surface area contributed by atoms with Crippen LogP contribution in [-0.2, 0) is 4.79 Å². The van der Waals surface area contributed by atoms with Crippen molar-refractivity contribution in [2.75, 3.05) is 11.4 Å². The monoisotopic (exact) mass is 407 g/mol. The Bertz CT molecular complexity index is 1030.